The van der Waals surface area contributed by atoms with E-state index >= 15 is 0 Å². The summed E-state index contributed by atoms with van der Waals surface area (Å²) in [6.07, 6.45) is 7.41. The molecule has 0 spiro atoms. The van der Waals surface area contributed by atoms with E-state index in [0.29, 0.717) is 0 Å². The van der Waals surface area contributed by atoms with E-state index in [9.17, 15) is 5.11 Å². The van der Waals surface area contributed by atoms with Crippen LogP contribution < -0.4 is 5.32 Å². The average Bonchev–Trinajstić information content (AvgIpc) is 3.26. The molecule has 0 bridgehead atoms. The third kappa shape index (κ3) is 2.73. The van der Waals surface area contributed by atoms with Crippen molar-refractivity contribution in [3.05, 3.63) is 42.9 Å². The largest absolute Gasteiger partial charge is 0.391 e. The minimum absolute atomic E-state index is 0.104. The van der Waals surface area contributed by atoms with Crippen LogP contribution in [0.4, 0.5) is 5.13 Å². The van der Waals surface area contributed by atoms with E-state index in [0.717, 1.165) is 57.9 Å². The van der Waals surface area contributed by atoms with Crippen molar-refractivity contribution in [2.75, 3.05) is 5.32 Å². The highest BCUT2D eigenvalue weighted by atomic mass is 32.1. The van der Waals surface area contributed by atoms with Gasteiger partial charge in [-0.15, -0.1) is 0 Å². The number of imidazole rings is 1. The Labute approximate surface area is 154 Å². The SMILES string of the molecule is OC1CCCCC1Nc1nc2ccc(-n3cnc4ncccc43)cc2s1. The zero-order valence-corrected chi connectivity index (χ0v) is 15.0. The predicted octanol–water partition coefficient (Wildman–Crippen LogP) is 3.75. The van der Waals surface area contributed by atoms with Gasteiger partial charge in [0.15, 0.2) is 10.8 Å². The molecule has 132 valence electrons. The van der Waals surface area contributed by atoms with E-state index in [2.05, 4.69) is 32.4 Å². The minimum Gasteiger partial charge on any atom is -0.391 e. The Morgan fingerprint density at radius 1 is 1.15 bits per heavy atom. The van der Waals surface area contributed by atoms with Crippen LogP contribution in [0.5, 0.6) is 0 Å². The lowest BCUT2D eigenvalue weighted by molar-refractivity contribution is 0.116. The third-order valence-corrected chi connectivity index (χ3v) is 5.96. The first kappa shape index (κ1) is 15.7. The van der Waals surface area contributed by atoms with Crippen molar-refractivity contribution in [1.82, 2.24) is 19.5 Å². The smallest absolute Gasteiger partial charge is 0.184 e. The number of fused-ring (bicyclic) bond motifs is 2. The molecule has 4 aromatic rings. The number of nitrogens with one attached hydrogen (secondary N) is 1. The van der Waals surface area contributed by atoms with Crippen molar-refractivity contribution in [2.45, 2.75) is 37.8 Å². The first-order valence-corrected chi connectivity index (χ1v) is 9.73. The first-order chi connectivity index (χ1) is 12.8. The standard InChI is InChI=1S/C19H19N5OS/c25-16-6-2-1-4-13(16)22-19-23-14-8-7-12(10-17(14)26-19)24-11-21-18-15(24)5-3-9-20-18/h3,5,7-11,13,16,25H,1-2,4,6H2,(H,22,23). The maximum absolute atomic E-state index is 10.2. The minimum atomic E-state index is -0.281. The molecule has 7 heteroatoms. The molecule has 1 aromatic carbocycles. The number of aliphatic hydroxyl groups is 1. The number of aliphatic hydroxyl groups excluding tert-OH is 1. The summed E-state index contributed by atoms with van der Waals surface area (Å²) in [5, 5.41) is 14.5. The van der Waals surface area contributed by atoms with Crippen molar-refractivity contribution in [2.24, 2.45) is 0 Å². The van der Waals surface area contributed by atoms with Crippen molar-refractivity contribution in [1.29, 1.82) is 0 Å². The van der Waals surface area contributed by atoms with Gasteiger partial charge in [-0.05, 0) is 43.2 Å². The summed E-state index contributed by atoms with van der Waals surface area (Å²) >= 11 is 1.63. The van der Waals surface area contributed by atoms with Gasteiger partial charge in [-0.2, -0.15) is 0 Å². The molecule has 0 amide bonds. The summed E-state index contributed by atoms with van der Waals surface area (Å²) in [6.45, 7) is 0. The Bertz CT molecular complexity index is 1070. The summed E-state index contributed by atoms with van der Waals surface area (Å²) in [7, 11) is 0. The number of pyridine rings is 1. The monoisotopic (exact) mass is 365 g/mol. The summed E-state index contributed by atoms with van der Waals surface area (Å²) < 4.78 is 3.15. The number of thiazole rings is 1. The van der Waals surface area contributed by atoms with Crippen LogP contribution in [0.2, 0.25) is 0 Å². The van der Waals surface area contributed by atoms with E-state index in [4.69, 9.17) is 0 Å². The second-order valence-electron chi connectivity index (χ2n) is 6.73. The highest BCUT2D eigenvalue weighted by Gasteiger charge is 2.23. The summed E-state index contributed by atoms with van der Waals surface area (Å²) in [4.78, 5) is 13.3. The molecule has 6 nitrogen and oxygen atoms in total. The van der Waals surface area contributed by atoms with Gasteiger partial charge < -0.3 is 10.4 Å². The molecule has 0 saturated heterocycles. The second-order valence-corrected chi connectivity index (χ2v) is 7.77. The highest BCUT2D eigenvalue weighted by molar-refractivity contribution is 7.22. The lowest BCUT2D eigenvalue weighted by Gasteiger charge is -2.27. The molecule has 0 aliphatic heterocycles. The normalized spacial score (nSPS) is 20.7. The summed E-state index contributed by atoms with van der Waals surface area (Å²) in [5.41, 5.74) is 3.74. The van der Waals surface area contributed by atoms with Gasteiger partial charge >= 0.3 is 0 Å². The fourth-order valence-electron chi connectivity index (χ4n) is 3.62. The quantitative estimate of drug-likeness (QED) is 0.578. The third-order valence-electron chi connectivity index (χ3n) is 5.01. The zero-order valence-electron chi connectivity index (χ0n) is 14.2. The second kappa shape index (κ2) is 6.34. The topological polar surface area (TPSA) is 75.9 Å². The number of hydrogen-bond acceptors (Lipinski definition) is 6. The van der Waals surface area contributed by atoms with Crippen LogP contribution in [-0.4, -0.2) is 36.8 Å². The van der Waals surface area contributed by atoms with Gasteiger partial charge in [0, 0.05) is 11.9 Å². The van der Waals surface area contributed by atoms with Gasteiger partial charge in [0.05, 0.1) is 27.9 Å². The number of nitrogens with zero attached hydrogens (tertiary/aromatic N) is 4. The zero-order chi connectivity index (χ0) is 17.5. The van der Waals surface area contributed by atoms with Crippen molar-refractivity contribution in [3.63, 3.8) is 0 Å². The molecular formula is C19H19N5OS. The molecule has 5 rings (SSSR count). The van der Waals surface area contributed by atoms with E-state index in [1.54, 1.807) is 23.9 Å². The number of aromatic nitrogens is 4. The van der Waals surface area contributed by atoms with Crippen molar-refractivity contribution >= 4 is 37.8 Å². The van der Waals surface area contributed by atoms with Crippen LogP contribution in [0.25, 0.3) is 27.1 Å². The molecule has 0 radical (unpaired) electrons. The maximum atomic E-state index is 10.2. The lowest BCUT2D eigenvalue weighted by Crippen LogP contribution is -2.36. The number of rotatable bonds is 3. The Morgan fingerprint density at radius 3 is 3.00 bits per heavy atom. The fourth-order valence-corrected chi connectivity index (χ4v) is 4.58. The average molecular weight is 365 g/mol. The highest BCUT2D eigenvalue weighted by Crippen LogP contribution is 2.31. The van der Waals surface area contributed by atoms with Crippen molar-refractivity contribution < 1.29 is 5.11 Å². The number of benzene rings is 1. The van der Waals surface area contributed by atoms with Gasteiger partial charge in [0.25, 0.3) is 0 Å². The van der Waals surface area contributed by atoms with Crippen LogP contribution in [-0.2, 0) is 0 Å². The van der Waals surface area contributed by atoms with Crippen LogP contribution in [0.1, 0.15) is 25.7 Å². The molecule has 1 aliphatic rings. The van der Waals surface area contributed by atoms with Crippen LogP contribution in [0.3, 0.4) is 0 Å². The van der Waals surface area contributed by atoms with Crippen LogP contribution in [0, 0.1) is 0 Å². The fraction of sp³-hybridized carbons (Fsp3) is 0.316. The molecule has 2 atom stereocenters. The van der Waals surface area contributed by atoms with Gasteiger partial charge in [-0.1, -0.05) is 24.2 Å². The Kier molecular flexibility index (Phi) is 3.83. The molecule has 2 unspecified atom stereocenters. The predicted molar refractivity (Wildman–Crippen MR) is 104 cm³/mol. The molecular weight excluding hydrogens is 346 g/mol. The van der Waals surface area contributed by atoms with E-state index in [1.165, 1.54) is 0 Å². The molecule has 3 heterocycles. The molecule has 1 saturated carbocycles. The lowest BCUT2D eigenvalue weighted by atomic mass is 9.93. The van der Waals surface area contributed by atoms with Crippen LogP contribution in [0.15, 0.2) is 42.9 Å². The van der Waals surface area contributed by atoms with E-state index < -0.39 is 0 Å². The van der Waals surface area contributed by atoms with E-state index in [1.807, 2.05) is 22.8 Å². The van der Waals surface area contributed by atoms with Gasteiger partial charge in [0.2, 0.25) is 0 Å². The van der Waals surface area contributed by atoms with Gasteiger partial charge in [0.1, 0.15) is 6.33 Å². The maximum Gasteiger partial charge on any atom is 0.184 e. The molecule has 2 N–H and O–H groups in total. The Balaban J connectivity index is 1.48. The molecule has 1 aliphatic carbocycles. The van der Waals surface area contributed by atoms with Gasteiger partial charge in [-0.3, -0.25) is 4.57 Å². The molecule has 3 aromatic heterocycles. The van der Waals surface area contributed by atoms with Gasteiger partial charge in [-0.25, -0.2) is 15.0 Å². The van der Waals surface area contributed by atoms with Crippen LogP contribution >= 0.6 is 11.3 Å². The Hall–Kier alpha value is -2.51. The molecule has 26 heavy (non-hydrogen) atoms. The number of hydrogen-bond donors (Lipinski definition) is 2. The number of anilines is 1. The van der Waals surface area contributed by atoms with Crippen molar-refractivity contribution in [3.8, 4) is 5.69 Å². The summed E-state index contributed by atoms with van der Waals surface area (Å²) in [6, 6.07) is 10.3. The van der Waals surface area contributed by atoms with E-state index in [-0.39, 0.29) is 12.1 Å². The molecule has 1 fully saturated rings. The Morgan fingerprint density at radius 2 is 2.08 bits per heavy atom. The first-order valence-electron chi connectivity index (χ1n) is 8.91. The summed E-state index contributed by atoms with van der Waals surface area (Å²) in [5.74, 6) is 0.